The zero-order chi connectivity index (χ0) is 11.3. The van der Waals surface area contributed by atoms with Crippen LogP contribution in [0, 0.1) is 0 Å². The zero-order valence-corrected chi connectivity index (χ0v) is 8.94. The number of hydrogen-bond donors (Lipinski definition) is 3. The van der Waals surface area contributed by atoms with Gasteiger partial charge in [-0.1, -0.05) is 11.2 Å². The lowest BCUT2D eigenvalue weighted by molar-refractivity contribution is 0.317. The number of nitrogens with zero attached hydrogens (tertiary/aromatic N) is 2. The van der Waals surface area contributed by atoms with E-state index in [0.29, 0.717) is 6.54 Å². The number of nitrogens with one attached hydrogen (secondary N) is 1. The lowest BCUT2D eigenvalue weighted by atomic mass is 10.2. The van der Waals surface area contributed by atoms with E-state index in [1.165, 1.54) is 0 Å². The van der Waals surface area contributed by atoms with Gasteiger partial charge in [-0.25, -0.2) is 0 Å². The predicted molar refractivity (Wildman–Crippen MR) is 62.7 cm³/mol. The number of anilines is 2. The van der Waals surface area contributed by atoms with E-state index in [9.17, 15) is 0 Å². The molecular formula is C10H16N4O. The molecule has 0 heterocycles. The highest BCUT2D eigenvalue weighted by Gasteiger charge is 1.98. The van der Waals surface area contributed by atoms with Gasteiger partial charge in [0.1, 0.15) is 0 Å². The predicted octanol–water partition coefficient (Wildman–Crippen LogP) is 0.911. The van der Waals surface area contributed by atoms with Crippen LogP contribution in [0.4, 0.5) is 11.4 Å². The molecule has 0 aliphatic rings. The number of rotatable bonds is 4. The van der Waals surface area contributed by atoms with Crippen molar-refractivity contribution >= 4 is 17.2 Å². The molecule has 0 amide bonds. The van der Waals surface area contributed by atoms with Crippen LogP contribution in [0.5, 0.6) is 0 Å². The molecular weight excluding hydrogens is 192 g/mol. The molecule has 5 heteroatoms. The third-order valence-electron chi connectivity index (χ3n) is 1.96. The van der Waals surface area contributed by atoms with Crippen molar-refractivity contribution in [2.24, 2.45) is 10.9 Å². The monoisotopic (exact) mass is 208 g/mol. The minimum atomic E-state index is 0.158. The summed E-state index contributed by atoms with van der Waals surface area (Å²) < 4.78 is 0. The molecule has 0 unspecified atom stereocenters. The number of benzene rings is 1. The fraction of sp³-hybridized carbons (Fsp3) is 0.300. The van der Waals surface area contributed by atoms with Gasteiger partial charge in [-0.2, -0.15) is 0 Å². The highest BCUT2D eigenvalue weighted by Crippen LogP contribution is 2.16. The number of hydrogen-bond acceptors (Lipinski definition) is 4. The Morgan fingerprint density at radius 2 is 2.27 bits per heavy atom. The van der Waals surface area contributed by atoms with Gasteiger partial charge in [-0.15, -0.1) is 0 Å². The van der Waals surface area contributed by atoms with Crippen molar-refractivity contribution in [1.82, 2.24) is 0 Å². The van der Waals surface area contributed by atoms with Crippen LogP contribution in [0.25, 0.3) is 0 Å². The van der Waals surface area contributed by atoms with Crippen LogP contribution in [0.15, 0.2) is 29.4 Å². The summed E-state index contributed by atoms with van der Waals surface area (Å²) in [7, 11) is 3.95. The van der Waals surface area contributed by atoms with E-state index in [1.807, 2.05) is 43.3 Å². The first kappa shape index (κ1) is 11.2. The molecule has 0 bridgehead atoms. The summed E-state index contributed by atoms with van der Waals surface area (Å²) >= 11 is 0. The van der Waals surface area contributed by atoms with Gasteiger partial charge in [0.05, 0.1) is 6.54 Å². The third kappa shape index (κ3) is 3.38. The average molecular weight is 208 g/mol. The first-order chi connectivity index (χ1) is 7.13. The van der Waals surface area contributed by atoms with Gasteiger partial charge < -0.3 is 21.2 Å². The smallest absolute Gasteiger partial charge is 0.158 e. The van der Waals surface area contributed by atoms with Crippen LogP contribution < -0.4 is 16.0 Å². The molecule has 0 saturated carbocycles. The Morgan fingerprint density at radius 3 is 2.87 bits per heavy atom. The van der Waals surface area contributed by atoms with E-state index in [-0.39, 0.29) is 5.84 Å². The summed E-state index contributed by atoms with van der Waals surface area (Å²) in [6, 6.07) is 7.88. The number of nitrogens with two attached hydrogens (primary N) is 1. The summed E-state index contributed by atoms with van der Waals surface area (Å²) in [5, 5.41) is 14.3. The molecule has 4 N–H and O–H groups in total. The fourth-order valence-corrected chi connectivity index (χ4v) is 1.12. The maximum atomic E-state index is 8.37. The van der Waals surface area contributed by atoms with E-state index in [1.54, 1.807) is 0 Å². The molecule has 0 aliphatic carbocycles. The quantitative estimate of drug-likeness (QED) is 0.297. The van der Waals surface area contributed by atoms with Crippen molar-refractivity contribution in [3.05, 3.63) is 24.3 Å². The molecule has 0 fully saturated rings. The van der Waals surface area contributed by atoms with Gasteiger partial charge in [0.2, 0.25) is 0 Å². The lowest BCUT2D eigenvalue weighted by Gasteiger charge is -2.14. The van der Waals surface area contributed by atoms with Crippen molar-refractivity contribution in [1.29, 1.82) is 0 Å². The highest BCUT2D eigenvalue weighted by molar-refractivity contribution is 5.84. The zero-order valence-electron chi connectivity index (χ0n) is 8.94. The van der Waals surface area contributed by atoms with Crippen molar-refractivity contribution < 1.29 is 5.21 Å². The molecule has 0 atom stereocenters. The van der Waals surface area contributed by atoms with Crippen LogP contribution in [-0.2, 0) is 0 Å². The Bertz CT molecular complexity index is 349. The summed E-state index contributed by atoms with van der Waals surface area (Å²) in [5.74, 6) is 0.158. The van der Waals surface area contributed by atoms with Gasteiger partial charge >= 0.3 is 0 Å². The van der Waals surface area contributed by atoms with E-state index < -0.39 is 0 Å². The van der Waals surface area contributed by atoms with Crippen molar-refractivity contribution in [3.8, 4) is 0 Å². The fourth-order valence-electron chi connectivity index (χ4n) is 1.12. The van der Waals surface area contributed by atoms with Crippen LogP contribution in [0.3, 0.4) is 0 Å². The van der Waals surface area contributed by atoms with Gasteiger partial charge in [-0.05, 0) is 18.2 Å². The Labute approximate surface area is 89.2 Å². The second kappa shape index (κ2) is 5.09. The summed E-state index contributed by atoms with van der Waals surface area (Å²) in [6.45, 7) is 0.327. The molecule has 5 nitrogen and oxygen atoms in total. The van der Waals surface area contributed by atoms with Crippen LogP contribution >= 0.6 is 0 Å². The Kier molecular flexibility index (Phi) is 3.79. The molecule has 15 heavy (non-hydrogen) atoms. The van der Waals surface area contributed by atoms with Crippen LogP contribution in [-0.4, -0.2) is 31.7 Å². The first-order valence-corrected chi connectivity index (χ1v) is 4.61. The standard InChI is InChI=1S/C10H16N4O/c1-14(2)9-5-3-4-8(6-9)12-7-10(11)13-15/h3-6,12,15H,7H2,1-2H3,(H2,11,13). The molecule has 0 spiro atoms. The topological polar surface area (TPSA) is 73.9 Å². The van der Waals surface area contributed by atoms with Gasteiger partial charge in [-0.3, -0.25) is 0 Å². The SMILES string of the molecule is CN(C)c1cccc(NC/C(N)=N/O)c1. The average Bonchev–Trinajstić information content (AvgIpc) is 2.26. The molecule has 1 aromatic carbocycles. The van der Waals surface area contributed by atoms with E-state index in [2.05, 4.69) is 10.5 Å². The number of amidine groups is 1. The maximum Gasteiger partial charge on any atom is 0.158 e. The summed E-state index contributed by atoms with van der Waals surface area (Å²) in [4.78, 5) is 2.01. The largest absolute Gasteiger partial charge is 0.409 e. The highest BCUT2D eigenvalue weighted by atomic mass is 16.4. The Morgan fingerprint density at radius 1 is 1.53 bits per heavy atom. The van der Waals surface area contributed by atoms with E-state index in [4.69, 9.17) is 10.9 Å². The maximum absolute atomic E-state index is 8.37. The second-order valence-corrected chi connectivity index (χ2v) is 3.39. The van der Waals surface area contributed by atoms with E-state index >= 15 is 0 Å². The molecule has 1 aromatic rings. The number of oxime groups is 1. The van der Waals surface area contributed by atoms with Gasteiger partial charge in [0, 0.05) is 25.5 Å². The van der Waals surface area contributed by atoms with Crippen molar-refractivity contribution in [2.45, 2.75) is 0 Å². The van der Waals surface area contributed by atoms with Crippen molar-refractivity contribution in [3.63, 3.8) is 0 Å². The summed E-state index contributed by atoms with van der Waals surface area (Å²) in [5.41, 5.74) is 7.38. The lowest BCUT2D eigenvalue weighted by Crippen LogP contribution is -2.22. The Hall–Kier alpha value is -1.91. The minimum absolute atomic E-state index is 0.158. The van der Waals surface area contributed by atoms with Crippen LogP contribution in [0.2, 0.25) is 0 Å². The molecule has 82 valence electrons. The Balaban J connectivity index is 2.66. The van der Waals surface area contributed by atoms with Gasteiger partial charge in [0.25, 0.3) is 0 Å². The molecule has 0 aliphatic heterocycles. The minimum Gasteiger partial charge on any atom is -0.409 e. The third-order valence-corrected chi connectivity index (χ3v) is 1.96. The first-order valence-electron chi connectivity index (χ1n) is 4.61. The second-order valence-electron chi connectivity index (χ2n) is 3.39. The molecule has 1 rings (SSSR count). The van der Waals surface area contributed by atoms with Gasteiger partial charge in [0.15, 0.2) is 5.84 Å². The van der Waals surface area contributed by atoms with Crippen molar-refractivity contribution in [2.75, 3.05) is 30.9 Å². The van der Waals surface area contributed by atoms with Crippen LogP contribution in [0.1, 0.15) is 0 Å². The summed E-state index contributed by atoms with van der Waals surface area (Å²) in [6.07, 6.45) is 0. The van der Waals surface area contributed by atoms with E-state index in [0.717, 1.165) is 11.4 Å². The normalized spacial score (nSPS) is 11.2. The molecule has 0 aromatic heterocycles. The molecule has 0 saturated heterocycles. The molecule has 0 radical (unpaired) electrons.